The molecule has 1 unspecified atom stereocenters. The summed E-state index contributed by atoms with van der Waals surface area (Å²) < 4.78 is 6.82. The van der Waals surface area contributed by atoms with Gasteiger partial charge >= 0.3 is 5.69 Å². The third-order valence-corrected chi connectivity index (χ3v) is 2.98. The van der Waals surface area contributed by atoms with Crippen molar-refractivity contribution in [2.45, 2.75) is 24.8 Å². The van der Waals surface area contributed by atoms with E-state index in [1.54, 1.807) is 19.3 Å². The summed E-state index contributed by atoms with van der Waals surface area (Å²) in [5, 5.41) is 15.5. The zero-order valence-corrected chi connectivity index (χ0v) is 10.3. The van der Waals surface area contributed by atoms with Crippen LogP contribution in [0.15, 0.2) is 22.2 Å². The second-order valence-electron chi connectivity index (χ2n) is 4.07. The van der Waals surface area contributed by atoms with Gasteiger partial charge in [-0.15, -0.1) is 0 Å². The number of aliphatic hydroxyl groups excluding tert-OH is 1. The molecule has 1 aromatic rings. The highest BCUT2D eigenvalue weighted by Crippen LogP contribution is 2.29. The van der Waals surface area contributed by atoms with Gasteiger partial charge in [0.25, 0.3) is 0 Å². The van der Waals surface area contributed by atoms with Crippen molar-refractivity contribution < 1.29 is 9.84 Å². The summed E-state index contributed by atoms with van der Waals surface area (Å²) >= 11 is 0. The molecule has 0 bridgehead atoms. The van der Waals surface area contributed by atoms with Crippen molar-refractivity contribution in [3.05, 3.63) is 33.2 Å². The zero-order valence-electron chi connectivity index (χ0n) is 10.3. The van der Waals surface area contributed by atoms with Crippen molar-refractivity contribution in [2.75, 3.05) is 19.0 Å². The fraction of sp³-hybridized carbons (Fsp3) is 0.600. The normalized spacial score (nSPS) is 25.9. The van der Waals surface area contributed by atoms with Gasteiger partial charge in [0.1, 0.15) is 12.0 Å². The quantitative estimate of drug-likeness (QED) is 0.459. The number of aromatic nitrogens is 2. The Bertz CT molecular complexity index is 552. The fourth-order valence-corrected chi connectivity index (χ4v) is 2.01. The predicted molar refractivity (Wildman–Crippen MR) is 66.6 cm³/mol. The highest BCUT2D eigenvalue weighted by Gasteiger charge is 2.35. The van der Waals surface area contributed by atoms with E-state index in [-0.39, 0.29) is 6.61 Å². The molecule has 0 aromatic carbocycles. The summed E-state index contributed by atoms with van der Waals surface area (Å²) in [4.78, 5) is 18.3. The second kappa shape index (κ2) is 5.70. The Kier molecular flexibility index (Phi) is 4.00. The molecule has 0 saturated carbocycles. The molecule has 1 aromatic heterocycles. The summed E-state index contributed by atoms with van der Waals surface area (Å²) in [5.41, 5.74) is 7.99. The van der Waals surface area contributed by atoms with Gasteiger partial charge in [-0.05, 0) is 11.6 Å². The lowest BCUT2D eigenvalue weighted by Gasteiger charge is -2.14. The van der Waals surface area contributed by atoms with Crippen LogP contribution in [0.25, 0.3) is 10.4 Å². The molecular formula is C10H14N6O3. The standard InChI is InChI=1S/C10H14N6O3/c1-12-8-2-3-16(10(18)13-8)9-4-6(14-15-11)7(5-17)19-9/h2-3,6-7,9,17H,4-5H2,1H3,(H,12,13,18)/t6?,7-,9-/m1/s1. The van der Waals surface area contributed by atoms with Crippen LogP contribution in [0.5, 0.6) is 0 Å². The molecule has 1 saturated heterocycles. The minimum Gasteiger partial charge on any atom is -0.394 e. The Morgan fingerprint density at radius 1 is 1.79 bits per heavy atom. The first-order valence-electron chi connectivity index (χ1n) is 5.77. The molecule has 1 aliphatic heterocycles. The Balaban J connectivity index is 2.24. The Morgan fingerprint density at radius 3 is 3.16 bits per heavy atom. The van der Waals surface area contributed by atoms with Gasteiger partial charge in [-0.2, -0.15) is 4.98 Å². The van der Waals surface area contributed by atoms with Crippen LogP contribution >= 0.6 is 0 Å². The number of anilines is 1. The second-order valence-corrected chi connectivity index (χ2v) is 4.07. The molecule has 0 amide bonds. The molecule has 9 nitrogen and oxygen atoms in total. The molecule has 2 N–H and O–H groups in total. The highest BCUT2D eigenvalue weighted by molar-refractivity contribution is 5.30. The lowest BCUT2D eigenvalue weighted by Crippen LogP contribution is -2.27. The molecule has 102 valence electrons. The average molecular weight is 266 g/mol. The van der Waals surface area contributed by atoms with Crippen molar-refractivity contribution >= 4 is 5.82 Å². The van der Waals surface area contributed by atoms with Crippen LogP contribution in [0.4, 0.5) is 5.82 Å². The maximum atomic E-state index is 11.8. The summed E-state index contributed by atoms with van der Waals surface area (Å²) in [6, 6.07) is 1.15. The first kappa shape index (κ1) is 13.3. The van der Waals surface area contributed by atoms with E-state index >= 15 is 0 Å². The molecule has 9 heteroatoms. The number of ether oxygens (including phenoxy) is 1. The monoisotopic (exact) mass is 266 g/mol. The third kappa shape index (κ3) is 2.68. The van der Waals surface area contributed by atoms with Gasteiger partial charge in [-0.25, -0.2) is 4.79 Å². The molecule has 0 spiro atoms. The first-order valence-corrected chi connectivity index (χ1v) is 5.77. The number of hydrogen-bond acceptors (Lipinski definition) is 6. The van der Waals surface area contributed by atoms with E-state index in [9.17, 15) is 4.79 Å². The van der Waals surface area contributed by atoms with Crippen LogP contribution in [0, 0.1) is 0 Å². The molecule has 1 fully saturated rings. The number of nitrogens with one attached hydrogen (secondary N) is 1. The first-order chi connectivity index (χ1) is 9.19. The van der Waals surface area contributed by atoms with Crippen molar-refractivity contribution in [3.63, 3.8) is 0 Å². The van der Waals surface area contributed by atoms with Crippen LogP contribution in [-0.2, 0) is 4.74 Å². The maximum absolute atomic E-state index is 11.8. The van der Waals surface area contributed by atoms with Gasteiger partial charge in [0.2, 0.25) is 0 Å². The number of aliphatic hydroxyl groups is 1. The third-order valence-electron chi connectivity index (χ3n) is 2.98. The van der Waals surface area contributed by atoms with E-state index in [0.29, 0.717) is 12.2 Å². The average Bonchev–Trinajstić information content (AvgIpc) is 2.82. The van der Waals surface area contributed by atoms with E-state index in [0.717, 1.165) is 0 Å². The van der Waals surface area contributed by atoms with Crippen LogP contribution in [0.1, 0.15) is 12.6 Å². The minimum absolute atomic E-state index is 0.267. The summed E-state index contributed by atoms with van der Waals surface area (Å²) in [5.74, 6) is 0.463. The largest absolute Gasteiger partial charge is 0.394 e. The van der Waals surface area contributed by atoms with E-state index in [2.05, 4.69) is 20.3 Å². The molecular weight excluding hydrogens is 252 g/mol. The van der Waals surface area contributed by atoms with Gasteiger partial charge in [0, 0.05) is 24.6 Å². The molecule has 19 heavy (non-hydrogen) atoms. The molecule has 2 heterocycles. The number of nitrogens with zero attached hydrogens (tertiary/aromatic N) is 5. The van der Waals surface area contributed by atoms with Gasteiger partial charge in [0.15, 0.2) is 0 Å². The molecule has 3 atom stereocenters. The Hall–Kier alpha value is -2.09. The van der Waals surface area contributed by atoms with Crippen LogP contribution < -0.4 is 11.0 Å². The van der Waals surface area contributed by atoms with Crippen LogP contribution in [0.3, 0.4) is 0 Å². The minimum atomic E-state index is -0.600. The van der Waals surface area contributed by atoms with Gasteiger partial charge in [-0.1, -0.05) is 5.11 Å². The van der Waals surface area contributed by atoms with Gasteiger partial charge in [0.05, 0.1) is 18.8 Å². The van der Waals surface area contributed by atoms with Gasteiger partial charge in [-0.3, -0.25) is 4.57 Å². The van der Waals surface area contributed by atoms with E-state index in [1.807, 2.05) is 0 Å². The lowest BCUT2D eigenvalue weighted by atomic mass is 10.1. The van der Waals surface area contributed by atoms with Crippen molar-refractivity contribution in [2.24, 2.45) is 5.11 Å². The molecule has 2 rings (SSSR count). The summed E-state index contributed by atoms with van der Waals surface area (Å²) in [6.07, 6.45) is 0.699. The molecule has 0 aliphatic carbocycles. The number of hydrogen-bond donors (Lipinski definition) is 2. The van der Waals surface area contributed by atoms with Crippen molar-refractivity contribution in [1.82, 2.24) is 9.55 Å². The van der Waals surface area contributed by atoms with E-state index in [1.165, 1.54) is 4.57 Å². The van der Waals surface area contributed by atoms with Crippen LogP contribution in [0.2, 0.25) is 0 Å². The number of azide groups is 1. The van der Waals surface area contributed by atoms with E-state index in [4.69, 9.17) is 15.4 Å². The topological polar surface area (TPSA) is 125 Å². The lowest BCUT2D eigenvalue weighted by molar-refractivity contribution is -0.0269. The zero-order chi connectivity index (χ0) is 13.8. The maximum Gasteiger partial charge on any atom is 0.351 e. The molecule has 0 radical (unpaired) electrons. The molecule has 1 aliphatic rings. The SMILES string of the molecule is CNc1ccn([C@H]2CC(N=[N+]=[N-])[C@@H](CO)O2)c(=O)n1. The Labute approximate surface area is 108 Å². The van der Waals surface area contributed by atoms with Crippen LogP contribution in [-0.4, -0.2) is 40.5 Å². The summed E-state index contributed by atoms with van der Waals surface area (Å²) in [7, 11) is 1.66. The van der Waals surface area contributed by atoms with E-state index < -0.39 is 24.1 Å². The van der Waals surface area contributed by atoms with Crippen molar-refractivity contribution in [3.8, 4) is 0 Å². The smallest absolute Gasteiger partial charge is 0.351 e. The Morgan fingerprint density at radius 2 is 2.58 bits per heavy atom. The predicted octanol–water partition coefficient (Wildman–Crippen LogP) is 0.244. The van der Waals surface area contributed by atoms with Gasteiger partial charge < -0.3 is 15.2 Å². The fourth-order valence-electron chi connectivity index (χ4n) is 2.01. The number of rotatable bonds is 4. The highest BCUT2D eigenvalue weighted by atomic mass is 16.5. The van der Waals surface area contributed by atoms with Crippen molar-refractivity contribution in [1.29, 1.82) is 0 Å². The summed E-state index contributed by atoms with van der Waals surface area (Å²) in [6.45, 7) is -0.267.